The Bertz CT molecular complexity index is 254. The molecule has 2 fully saturated rings. The van der Waals surface area contributed by atoms with Gasteiger partial charge >= 0.3 is 0 Å². The van der Waals surface area contributed by atoms with Crippen molar-refractivity contribution in [3.8, 4) is 0 Å². The zero-order valence-corrected chi connectivity index (χ0v) is 13.3. The standard InChI is InChI=1S/C17H34N2/c1-14-8-9-17(15(2)13-14)18-10-6-12-19-11-5-4-7-16(19)3/h14-18H,4-13H2,1-3H3. The van der Waals surface area contributed by atoms with Crippen LogP contribution in [0.15, 0.2) is 0 Å². The molecule has 0 bridgehead atoms. The summed E-state index contributed by atoms with van der Waals surface area (Å²) in [5.41, 5.74) is 0. The Labute approximate surface area is 120 Å². The van der Waals surface area contributed by atoms with Crippen molar-refractivity contribution in [1.82, 2.24) is 10.2 Å². The smallest absolute Gasteiger partial charge is 0.00928 e. The van der Waals surface area contributed by atoms with Crippen LogP contribution in [-0.2, 0) is 0 Å². The van der Waals surface area contributed by atoms with E-state index in [0.717, 1.165) is 23.9 Å². The molecule has 1 heterocycles. The van der Waals surface area contributed by atoms with E-state index in [1.807, 2.05) is 0 Å². The first-order valence-corrected chi connectivity index (χ1v) is 8.64. The van der Waals surface area contributed by atoms with E-state index in [2.05, 4.69) is 31.0 Å². The quantitative estimate of drug-likeness (QED) is 0.764. The third-order valence-electron chi connectivity index (χ3n) is 5.40. The minimum atomic E-state index is 0.787. The van der Waals surface area contributed by atoms with Gasteiger partial charge in [-0.3, -0.25) is 0 Å². The van der Waals surface area contributed by atoms with Gasteiger partial charge in [0, 0.05) is 12.1 Å². The second-order valence-corrected chi connectivity index (χ2v) is 7.19. The molecule has 1 aliphatic heterocycles. The zero-order chi connectivity index (χ0) is 13.7. The number of hydrogen-bond donors (Lipinski definition) is 1. The Balaban J connectivity index is 1.58. The fourth-order valence-electron chi connectivity index (χ4n) is 4.03. The van der Waals surface area contributed by atoms with Crippen LogP contribution < -0.4 is 5.32 Å². The minimum absolute atomic E-state index is 0.787. The number of rotatable bonds is 5. The monoisotopic (exact) mass is 266 g/mol. The van der Waals surface area contributed by atoms with Crippen LogP contribution in [0, 0.1) is 11.8 Å². The molecule has 0 aromatic carbocycles. The van der Waals surface area contributed by atoms with E-state index < -0.39 is 0 Å². The van der Waals surface area contributed by atoms with Gasteiger partial charge < -0.3 is 10.2 Å². The summed E-state index contributed by atoms with van der Waals surface area (Å²) in [7, 11) is 0. The van der Waals surface area contributed by atoms with Crippen LogP contribution in [0.25, 0.3) is 0 Å². The van der Waals surface area contributed by atoms with E-state index >= 15 is 0 Å². The third-order valence-corrected chi connectivity index (χ3v) is 5.40. The molecule has 0 aromatic rings. The molecule has 0 aromatic heterocycles. The Morgan fingerprint density at radius 3 is 2.63 bits per heavy atom. The van der Waals surface area contributed by atoms with Crippen LogP contribution in [0.4, 0.5) is 0 Å². The Morgan fingerprint density at radius 2 is 1.89 bits per heavy atom. The SMILES string of the molecule is CC1CCC(NCCCN2CCCCC2C)C(C)C1. The number of nitrogens with one attached hydrogen (secondary N) is 1. The molecule has 2 aliphatic rings. The lowest BCUT2D eigenvalue weighted by Gasteiger charge is -2.35. The molecule has 1 saturated heterocycles. The van der Waals surface area contributed by atoms with Crippen LogP contribution >= 0.6 is 0 Å². The van der Waals surface area contributed by atoms with E-state index in [0.29, 0.717) is 0 Å². The molecular weight excluding hydrogens is 232 g/mol. The molecule has 0 radical (unpaired) electrons. The summed E-state index contributed by atoms with van der Waals surface area (Å²) in [4.78, 5) is 2.69. The van der Waals surface area contributed by atoms with Crippen molar-refractivity contribution >= 4 is 0 Å². The number of piperidine rings is 1. The summed E-state index contributed by atoms with van der Waals surface area (Å²) in [6, 6.07) is 1.61. The maximum Gasteiger partial charge on any atom is 0.00928 e. The van der Waals surface area contributed by atoms with Gasteiger partial charge in [-0.15, -0.1) is 0 Å². The average molecular weight is 266 g/mol. The molecule has 0 amide bonds. The van der Waals surface area contributed by atoms with Gasteiger partial charge in [0.05, 0.1) is 0 Å². The molecule has 1 aliphatic carbocycles. The third kappa shape index (κ3) is 4.75. The highest BCUT2D eigenvalue weighted by atomic mass is 15.2. The number of nitrogens with zero attached hydrogens (tertiary/aromatic N) is 1. The Morgan fingerprint density at radius 1 is 1.05 bits per heavy atom. The molecule has 19 heavy (non-hydrogen) atoms. The van der Waals surface area contributed by atoms with Gasteiger partial charge in [0.15, 0.2) is 0 Å². The summed E-state index contributed by atoms with van der Waals surface area (Å²) in [5.74, 6) is 1.82. The van der Waals surface area contributed by atoms with Crippen molar-refractivity contribution in [2.75, 3.05) is 19.6 Å². The van der Waals surface area contributed by atoms with Gasteiger partial charge in [0.2, 0.25) is 0 Å². The number of hydrogen-bond acceptors (Lipinski definition) is 2. The molecule has 4 atom stereocenters. The summed E-state index contributed by atoms with van der Waals surface area (Å²) in [6.45, 7) is 11.1. The first-order chi connectivity index (χ1) is 9.16. The lowest BCUT2D eigenvalue weighted by atomic mass is 9.80. The predicted molar refractivity (Wildman–Crippen MR) is 83.5 cm³/mol. The fraction of sp³-hybridized carbons (Fsp3) is 1.00. The van der Waals surface area contributed by atoms with Crippen molar-refractivity contribution in [1.29, 1.82) is 0 Å². The van der Waals surface area contributed by atoms with Gasteiger partial charge in [0.25, 0.3) is 0 Å². The molecule has 2 heteroatoms. The normalized spacial score (nSPS) is 37.4. The zero-order valence-electron chi connectivity index (χ0n) is 13.3. The predicted octanol–water partition coefficient (Wildman–Crippen LogP) is 3.67. The fourth-order valence-corrected chi connectivity index (χ4v) is 4.03. The molecule has 112 valence electrons. The van der Waals surface area contributed by atoms with Gasteiger partial charge in [-0.25, -0.2) is 0 Å². The molecule has 0 spiro atoms. The highest BCUT2D eigenvalue weighted by Crippen LogP contribution is 2.28. The maximum atomic E-state index is 3.82. The lowest BCUT2D eigenvalue weighted by Crippen LogP contribution is -2.42. The molecule has 2 nitrogen and oxygen atoms in total. The van der Waals surface area contributed by atoms with Gasteiger partial charge in [-0.05, 0) is 76.9 Å². The Hall–Kier alpha value is -0.0800. The van der Waals surface area contributed by atoms with Crippen LogP contribution in [-0.4, -0.2) is 36.6 Å². The molecule has 2 rings (SSSR count). The van der Waals surface area contributed by atoms with Crippen LogP contribution in [0.5, 0.6) is 0 Å². The van der Waals surface area contributed by atoms with E-state index in [9.17, 15) is 0 Å². The minimum Gasteiger partial charge on any atom is -0.314 e. The highest BCUT2D eigenvalue weighted by molar-refractivity contribution is 4.81. The first kappa shape index (κ1) is 15.3. The summed E-state index contributed by atoms with van der Waals surface area (Å²) in [6.07, 6.45) is 9.81. The molecule has 4 unspecified atom stereocenters. The van der Waals surface area contributed by atoms with Crippen molar-refractivity contribution < 1.29 is 0 Å². The highest BCUT2D eigenvalue weighted by Gasteiger charge is 2.24. The first-order valence-electron chi connectivity index (χ1n) is 8.64. The topological polar surface area (TPSA) is 15.3 Å². The average Bonchev–Trinajstić information content (AvgIpc) is 2.38. The van der Waals surface area contributed by atoms with Crippen LogP contribution in [0.2, 0.25) is 0 Å². The van der Waals surface area contributed by atoms with Crippen molar-refractivity contribution in [3.63, 3.8) is 0 Å². The van der Waals surface area contributed by atoms with E-state index in [1.165, 1.54) is 64.6 Å². The summed E-state index contributed by atoms with van der Waals surface area (Å²) >= 11 is 0. The Kier molecular flexibility index (Phi) is 6.15. The maximum absolute atomic E-state index is 3.82. The van der Waals surface area contributed by atoms with Crippen molar-refractivity contribution in [2.24, 2.45) is 11.8 Å². The van der Waals surface area contributed by atoms with Gasteiger partial charge in [-0.1, -0.05) is 20.3 Å². The van der Waals surface area contributed by atoms with E-state index in [-0.39, 0.29) is 0 Å². The summed E-state index contributed by atoms with van der Waals surface area (Å²) < 4.78 is 0. The van der Waals surface area contributed by atoms with E-state index in [4.69, 9.17) is 0 Å². The van der Waals surface area contributed by atoms with Crippen LogP contribution in [0.1, 0.15) is 65.7 Å². The van der Waals surface area contributed by atoms with Crippen LogP contribution in [0.3, 0.4) is 0 Å². The second-order valence-electron chi connectivity index (χ2n) is 7.19. The summed E-state index contributed by atoms with van der Waals surface area (Å²) in [5, 5.41) is 3.82. The second kappa shape index (κ2) is 7.64. The number of likely N-dealkylation sites (tertiary alicyclic amines) is 1. The van der Waals surface area contributed by atoms with E-state index in [1.54, 1.807) is 0 Å². The molecule has 1 N–H and O–H groups in total. The van der Waals surface area contributed by atoms with Crippen molar-refractivity contribution in [3.05, 3.63) is 0 Å². The van der Waals surface area contributed by atoms with Gasteiger partial charge in [0.1, 0.15) is 0 Å². The molecule has 1 saturated carbocycles. The molecular formula is C17H34N2. The largest absolute Gasteiger partial charge is 0.314 e. The van der Waals surface area contributed by atoms with Crippen molar-refractivity contribution in [2.45, 2.75) is 77.8 Å². The lowest BCUT2D eigenvalue weighted by molar-refractivity contribution is 0.156. The van der Waals surface area contributed by atoms with Gasteiger partial charge in [-0.2, -0.15) is 0 Å².